The largest absolute Gasteiger partial charge is 0.480 e. The summed E-state index contributed by atoms with van der Waals surface area (Å²) in [6.07, 6.45) is 0. The molecule has 0 aliphatic heterocycles. The number of amides is 1. The van der Waals surface area contributed by atoms with Crippen molar-refractivity contribution >= 4 is 33.3 Å². The minimum absolute atomic E-state index is 0.0879. The molecule has 1 aromatic heterocycles. The molecule has 2 rings (SSSR count). The first-order valence-corrected chi connectivity index (χ1v) is 8.36. The Morgan fingerprint density at radius 2 is 2.08 bits per heavy atom. The van der Waals surface area contributed by atoms with Crippen molar-refractivity contribution in [2.24, 2.45) is 5.92 Å². The normalized spacial score (nSPS) is 11.2. The lowest BCUT2D eigenvalue weighted by atomic mass is 10.1. The van der Waals surface area contributed by atoms with Crippen LogP contribution in [0, 0.1) is 11.7 Å². The Hall–Kier alpha value is -1.99. The fraction of sp³-hybridized carbons (Fsp3) is 0.412. The second-order valence-corrected chi connectivity index (χ2v) is 6.98. The van der Waals surface area contributed by atoms with Crippen LogP contribution in [0.3, 0.4) is 0 Å². The third-order valence-electron chi connectivity index (χ3n) is 3.45. The van der Waals surface area contributed by atoms with Crippen LogP contribution in [0.5, 0.6) is 0 Å². The zero-order chi connectivity index (χ0) is 17.9. The number of ether oxygens (including phenoxy) is 1. The summed E-state index contributed by atoms with van der Waals surface area (Å²) in [5.41, 5.74) is 0.472. The van der Waals surface area contributed by atoms with Crippen LogP contribution < -0.4 is 0 Å². The van der Waals surface area contributed by atoms with E-state index in [1.807, 2.05) is 13.8 Å². The average Bonchev–Trinajstić information content (AvgIpc) is 2.85. The highest BCUT2D eigenvalue weighted by atomic mass is 32.1. The van der Waals surface area contributed by atoms with E-state index in [4.69, 9.17) is 9.84 Å². The predicted octanol–water partition coefficient (Wildman–Crippen LogP) is 3.37. The summed E-state index contributed by atoms with van der Waals surface area (Å²) in [4.78, 5) is 25.6. The van der Waals surface area contributed by atoms with Crippen LogP contribution in [-0.4, -0.2) is 42.1 Å². The second kappa shape index (κ2) is 7.72. The van der Waals surface area contributed by atoms with Gasteiger partial charge in [-0.2, -0.15) is 0 Å². The summed E-state index contributed by atoms with van der Waals surface area (Å²) in [5, 5.41) is 9.44. The first kappa shape index (κ1) is 18.4. The maximum absolute atomic E-state index is 14.2. The number of carboxylic acids is 1. The van der Waals surface area contributed by atoms with Gasteiger partial charge in [0.15, 0.2) is 0 Å². The van der Waals surface area contributed by atoms with Crippen LogP contribution in [0.1, 0.15) is 29.1 Å². The number of nitrogens with zero attached hydrogens (tertiary/aromatic N) is 1. The van der Waals surface area contributed by atoms with Crippen molar-refractivity contribution in [3.63, 3.8) is 0 Å². The van der Waals surface area contributed by atoms with Crippen molar-refractivity contribution in [1.82, 2.24) is 4.90 Å². The van der Waals surface area contributed by atoms with Gasteiger partial charge in [0.1, 0.15) is 12.4 Å². The van der Waals surface area contributed by atoms with Gasteiger partial charge in [-0.15, -0.1) is 11.3 Å². The van der Waals surface area contributed by atoms with E-state index >= 15 is 0 Å². The lowest BCUT2D eigenvalue weighted by molar-refractivity contribution is -0.137. The molecule has 5 nitrogen and oxygen atoms in total. The lowest BCUT2D eigenvalue weighted by Gasteiger charge is -2.22. The van der Waals surface area contributed by atoms with Crippen LogP contribution >= 0.6 is 11.3 Å². The summed E-state index contributed by atoms with van der Waals surface area (Å²) in [6, 6.07) is 4.66. The number of carbonyl (C=O) groups is 2. The number of methoxy groups -OCH3 is 1. The van der Waals surface area contributed by atoms with E-state index < -0.39 is 17.7 Å². The third-order valence-corrected chi connectivity index (χ3v) is 4.63. The molecule has 24 heavy (non-hydrogen) atoms. The van der Waals surface area contributed by atoms with Gasteiger partial charge < -0.3 is 14.7 Å². The molecule has 1 aromatic carbocycles. The van der Waals surface area contributed by atoms with Crippen LogP contribution in [0.2, 0.25) is 0 Å². The van der Waals surface area contributed by atoms with Crippen molar-refractivity contribution < 1.29 is 23.8 Å². The van der Waals surface area contributed by atoms with E-state index in [2.05, 4.69) is 0 Å². The summed E-state index contributed by atoms with van der Waals surface area (Å²) in [7, 11) is 1.47. The molecule has 0 radical (unpaired) electrons. The van der Waals surface area contributed by atoms with E-state index in [0.29, 0.717) is 27.1 Å². The molecule has 0 saturated heterocycles. The topological polar surface area (TPSA) is 66.8 Å². The van der Waals surface area contributed by atoms with Gasteiger partial charge in [-0.1, -0.05) is 19.9 Å². The van der Waals surface area contributed by atoms with Gasteiger partial charge in [0.05, 0.1) is 11.5 Å². The molecule has 1 N–H and O–H groups in total. The number of carboxylic acid groups (broad SMARTS) is 1. The highest BCUT2D eigenvalue weighted by Gasteiger charge is 2.26. The quantitative estimate of drug-likeness (QED) is 0.829. The van der Waals surface area contributed by atoms with Gasteiger partial charge >= 0.3 is 5.97 Å². The van der Waals surface area contributed by atoms with Crippen LogP contribution in [0.4, 0.5) is 4.39 Å². The highest BCUT2D eigenvalue weighted by Crippen LogP contribution is 2.34. The van der Waals surface area contributed by atoms with Gasteiger partial charge in [-0.05, 0) is 18.1 Å². The molecular weight excluding hydrogens is 333 g/mol. The molecule has 1 heterocycles. The molecule has 0 spiro atoms. The van der Waals surface area contributed by atoms with Crippen LogP contribution in [0.15, 0.2) is 18.2 Å². The Labute approximate surface area is 143 Å². The molecule has 0 fully saturated rings. The van der Waals surface area contributed by atoms with E-state index in [1.54, 1.807) is 12.1 Å². The molecule has 0 unspecified atom stereocenters. The second-order valence-electron chi connectivity index (χ2n) is 5.93. The van der Waals surface area contributed by atoms with Gasteiger partial charge in [0.2, 0.25) is 0 Å². The summed E-state index contributed by atoms with van der Waals surface area (Å²) >= 11 is 1.16. The van der Waals surface area contributed by atoms with Crippen molar-refractivity contribution in [2.75, 3.05) is 20.2 Å². The van der Waals surface area contributed by atoms with E-state index in [-0.39, 0.29) is 19.1 Å². The van der Waals surface area contributed by atoms with Crippen molar-refractivity contribution in [2.45, 2.75) is 20.5 Å². The molecule has 0 aliphatic carbocycles. The minimum Gasteiger partial charge on any atom is -0.480 e. The Kier molecular flexibility index (Phi) is 5.90. The number of carbonyl (C=O) groups excluding carboxylic acids is 1. The first-order valence-electron chi connectivity index (χ1n) is 7.55. The van der Waals surface area contributed by atoms with Crippen molar-refractivity contribution in [1.29, 1.82) is 0 Å². The molecule has 0 atom stereocenters. The molecule has 7 heteroatoms. The lowest BCUT2D eigenvalue weighted by Crippen LogP contribution is -2.38. The molecule has 1 amide bonds. The van der Waals surface area contributed by atoms with Crippen molar-refractivity contribution in [3.05, 3.63) is 34.5 Å². The number of hydrogen-bond acceptors (Lipinski definition) is 4. The summed E-state index contributed by atoms with van der Waals surface area (Å²) < 4.78 is 20.0. The van der Waals surface area contributed by atoms with Gasteiger partial charge in [0, 0.05) is 29.3 Å². The number of fused-ring (bicyclic) bond motifs is 1. The minimum atomic E-state index is -1.08. The third kappa shape index (κ3) is 3.91. The Bertz CT molecular complexity index is 756. The van der Waals surface area contributed by atoms with Crippen molar-refractivity contribution in [3.8, 4) is 0 Å². The molecule has 2 aromatic rings. The molecule has 0 bridgehead atoms. The Morgan fingerprint density at radius 1 is 1.38 bits per heavy atom. The van der Waals surface area contributed by atoms with E-state index in [9.17, 15) is 14.0 Å². The molecule has 0 aliphatic rings. The maximum Gasteiger partial charge on any atom is 0.323 e. The van der Waals surface area contributed by atoms with Crippen LogP contribution in [-0.2, 0) is 16.1 Å². The number of hydrogen-bond donors (Lipinski definition) is 1. The molecular formula is C17H20FNO4S. The standard InChI is InChI=1S/C17H20FNO4S/c1-10(2)7-19(8-14(20)21)17(22)16-11(9-23-3)15-12(18)5-4-6-13(15)24-16/h4-6,10H,7-9H2,1-3H3,(H,20,21). The number of halogens is 1. The first-order chi connectivity index (χ1) is 11.3. The zero-order valence-electron chi connectivity index (χ0n) is 13.8. The monoisotopic (exact) mass is 353 g/mol. The predicted molar refractivity (Wildman–Crippen MR) is 90.9 cm³/mol. The fourth-order valence-electron chi connectivity index (χ4n) is 2.59. The average molecular weight is 353 g/mol. The van der Waals surface area contributed by atoms with E-state index in [1.165, 1.54) is 18.1 Å². The fourth-order valence-corrected chi connectivity index (χ4v) is 3.78. The zero-order valence-corrected chi connectivity index (χ0v) is 14.7. The Balaban J connectivity index is 2.52. The summed E-state index contributed by atoms with van der Waals surface area (Å²) in [6.45, 7) is 3.82. The van der Waals surface area contributed by atoms with Gasteiger partial charge in [-0.25, -0.2) is 4.39 Å². The molecule has 130 valence electrons. The number of aliphatic carboxylic acids is 1. The number of rotatable bonds is 7. The van der Waals surface area contributed by atoms with E-state index in [0.717, 1.165) is 11.3 Å². The Morgan fingerprint density at radius 3 is 2.67 bits per heavy atom. The number of thiophene rings is 1. The number of benzene rings is 1. The van der Waals surface area contributed by atoms with Gasteiger partial charge in [0.25, 0.3) is 5.91 Å². The molecule has 0 saturated carbocycles. The smallest absolute Gasteiger partial charge is 0.323 e. The summed E-state index contributed by atoms with van der Waals surface area (Å²) in [5.74, 6) is -1.78. The SMILES string of the molecule is COCc1c(C(=O)N(CC(=O)O)CC(C)C)sc2cccc(F)c12. The highest BCUT2D eigenvalue weighted by molar-refractivity contribution is 7.21. The maximum atomic E-state index is 14.2. The van der Waals surface area contributed by atoms with Crippen LogP contribution in [0.25, 0.3) is 10.1 Å². The van der Waals surface area contributed by atoms with Gasteiger partial charge in [-0.3, -0.25) is 9.59 Å².